The molecule has 3 N–H and O–H groups in total. The number of carbonyl (C=O) groups excluding carboxylic acids is 2. The van der Waals surface area contributed by atoms with Gasteiger partial charge in [-0.05, 0) is 26.0 Å². The monoisotopic (exact) mass is 333 g/mol. The van der Waals surface area contributed by atoms with E-state index in [1.807, 2.05) is 31.2 Å². The summed E-state index contributed by atoms with van der Waals surface area (Å²) >= 11 is 1.20. The number of rotatable bonds is 5. The first-order valence-corrected chi connectivity index (χ1v) is 8.13. The molecule has 1 atom stereocenters. The lowest BCUT2D eigenvalue weighted by Gasteiger charge is -2.12. The summed E-state index contributed by atoms with van der Waals surface area (Å²) in [5.41, 5.74) is 0.805. The molecule has 2 aromatic rings. The predicted molar refractivity (Wildman–Crippen MR) is 91.6 cm³/mol. The van der Waals surface area contributed by atoms with E-state index in [0.717, 1.165) is 23.3 Å². The van der Waals surface area contributed by atoms with Crippen molar-refractivity contribution in [2.45, 2.75) is 24.3 Å². The van der Waals surface area contributed by atoms with Crippen LogP contribution in [-0.4, -0.2) is 40.7 Å². The number of anilines is 1. The van der Waals surface area contributed by atoms with E-state index in [-0.39, 0.29) is 0 Å². The van der Waals surface area contributed by atoms with Crippen molar-refractivity contribution in [1.29, 1.82) is 0 Å². The third-order valence-electron chi connectivity index (χ3n) is 3.04. The van der Waals surface area contributed by atoms with Crippen molar-refractivity contribution in [3.05, 3.63) is 24.3 Å². The highest BCUT2D eigenvalue weighted by molar-refractivity contribution is 8.00. The van der Waals surface area contributed by atoms with Gasteiger partial charge in [0.15, 0.2) is 5.16 Å². The highest BCUT2D eigenvalue weighted by Crippen LogP contribution is 2.26. The molecule has 0 saturated carbocycles. The standard InChI is InChI=1S/C15H19N5O2S/c1-4-17-12-10-7-5-6-8-11(10)18-15(19-12)23-9(2)13(21)20-14(22)16-3/h5-9H,4H2,1-3H3,(H,17,18,19)(H2,16,20,21,22)/t9-/m1/s1. The lowest BCUT2D eigenvalue weighted by molar-refractivity contribution is -0.119. The van der Waals surface area contributed by atoms with E-state index in [2.05, 4.69) is 25.9 Å². The predicted octanol–water partition coefficient (Wildman–Crippen LogP) is 2.00. The van der Waals surface area contributed by atoms with Crippen LogP contribution in [0, 0.1) is 0 Å². The molecule has 0 aliphatic heterocycles. The van der Waals surface area contributed by atoms with Gasteiger partial charge in [0.1, 0.15) is 5.82 Å². The Morgan fingerprint density at radius 2 is 2.00 bits per heavy atom. The fourth-order valence-corrected chi connectivity index (χ4v) is 2.68. The second kappa shape index (κ2) is 7.77. The first kappa shape index (κ1) is 17.0. The summed E-state index contributed by atoms with van der Waals surface area (Å²) in [6.45, 7) is 4.43. The Labute approximate surface area is 138 Å². The first-order valence-electron chi connectivity index (χ1n) is 7.25. The molecule has 0 bridgehead atoms. The van der Waals surface area contributed by atoms with Gasteiger partial charge in [0.05, 0.1) is 10.8 Å². The fraction of sp³-hybridized carbons (Fsp3) is 0.333. The number of thioether (sulfide) groups is 1. The van der Waals surface area contributed by atoms with Gasteiger partial charge in [-0.3, -0.25) is 10.1 Å². The summed E-state index contributed by atoms with van der Waals surface area (Å²) in [6.07, 6.45) is 0. The van der Waals surface area contributed by atoms with Crippen LogP contribution in [0.2, 0.25) is 0 Å². The topological polar surface area (TPSA) is 96.0 Å². The maximum Gasteiger partial charge on any atom is 0.321 e. The number of nitrogens with zero attached hydrogens (tertiary/aromatic N) is 2. The molecule has 0 radical (unpaired) electrons. The highest BCUT2D eigenvalue weighted by Gasteiger charge is 2.19. The molecule has 1 aromatic heterocycles. The van der Waals surface area contributed by atoms with Gasteiger partial charge in [0, 0.05) is 19.0 Å². The number of fused-ring (bicyclic) bond motifs is 1. The van der Waals surface area contributed by atoms with E-state index in [9.17, 15) is 9.59 Å². The Morgan fingerprint density at radius 3 is 2.70 bits per heavy atom. The molecule has 7 nitrogen and oxygen atoms in total. The van der Waals surface area contributed by atoms with Crippen molar-refractivity contribution >= 4 is 40.4 Å². The third kappa shape index (κ3) is 4.32. The van der Waals surface area contributed by atoms with E-state index in [1.165, 1.54) is 18.8 Å². The minimum absolute atomic E-state index is 0.392. The van der Waals surface area contributed by atoms with Gasteiger partial charge in [0.2, 0.25) is 5.91 Å². The second-order valence-electron chi connectivity index (χ2n) is 4.73. The summed E-state index contributed by atoms with van der Waals surface area (Å²) in [4.78, 5) is 32.1. The first-order chi connectivity index (χ1) is 11.0. The van der Waals surface area contributed by atoms with Crippen molar-refractivity contribution in [2.24, 2.45) is 0 Å². The Balaban J connectivity index is 2.22. The lowest BCUT2D eigenvalue weighted by Crippen LogP contribution is -2.41. The number of carbonyl (C=O) groups is 2. The molecule has 1 heterocycles. The molecule has 0 aliphatic carbocycles. The van der Waals surface area contributed by atoms with Crippen LogP contribution in [0.25, 0.3) is 10.9 Å². The number of hydrogen-bond acceptors (Lipinski definition) is 6. The van der Waals surface area contributed by atoms with Crippen LogP contribution in [0.3, 0.4) is 0 Å². The molecule has 122 valence electrons. The zero-order valence-corrected chi connectivity index (χ0v) is 14.0. The number of nitrogens with one attached hydrogen (secondary N) is 3. The molecule has 0 spiro atoms. The lowest BCUT2D eigenvalue weighted by atomic mass is 10.2. The van der Waals surface area contributed by atoms with Crippen molar-refractivity contribution in [3.8, 4) is 0 Å². The number of para-hydroxylation sites is 1. The number of imide groups is 1. The zero-order valence-electron chi connectivity index (χ0n) is 13.2. The highest BCUT2D eigenvalue weighted by atomic mass is 32.2. The minimum atomic E-state index is -0.532. The van der Waals surface area contributed by atoms with Gasteiger partial charge in [-0.2, -0.15) is 0 Å². The summed E-state index contributed by atoms with van der Waals surface area (Å²) in [5.74, 6) is 0.343. The molecule has 0 unspecified atom stereocenters. The number of amides is 3. The van der Waals surface area contributed by atoms with Crippen LogP contribution >= 0.6 is 11.8 Å². The molecule has 0 fully saturated rings. The Bertz CT molecular complexity index is 722. The molecule has 8 heteroatoms. The van der Waals surface area contributed by atoms with Gasteiger partial charge >= 0.3 is 6.03 Å². The van der Waals surface area contributed by atoms with Crippen molar-refractivity contribution < 1.29 is 9.59 Å². The molecule has 0 saturated heterocycles. The summed E-state index contributed by atoms with van der Waals surface area (Å²) < 4.78 is 0. The maximum absolute atomic E-state index is 11.9. The van der Waals surface area contributed by atoms with Crippen molar-refractivity contribution in [3.63, 3.8) is 0 Å². The van der Waals surface area contributed by atoms with E-state index in [1.54, 1.807) is 6.92 Å². The average molecular weight is 333 g/mol. The van der Waals surface area contributed by atoms with Crippen LogP contribution in [-0.2, 0) is 4.79 Å². The quantitative estimate of drug-likeness (QED) is 0.572. The molecule has 3 amide bonds. The number of hydrogen-bond donors (Lipinski definition) is 3. The molecular weight excluding hydrogens is 314 g/mol. The second-order valence-corrected chi connectivity index (χ2v) is 6.04. The van der Waals surface area contributed by atoms with Crippen LogP contribution in [0.5, 0.6) is 0 Å². The largest absolute Gasteiger partial charge is 0.370 e. The van der Waals surface area contributed by atoms with Gasteiger partial charge < -0.3 is 10.6 Å². The van der Waals surface area contributed by atoms with Gasteiger partial charge in [-0.25, -0.2) is 14.8 Å². The maximum atomic E-state index is 11.9. The molecule has 23 heavy (non-hydrogen) atoms. The molecule has 1 aromatic carbocycles. The summed E-state index contributed by atoms with van der Waals surface area (Å²) in [5, 5.41) is 8.71. The third-order valence-corrected chi connectivity index (χ3v) is 4.00. The SMILES string of the molecule is CCNc1nc(S[C@H](C)C(=O)NC(=O)NC)nc2ccccc12. The van der Waals surface area contributed by atoms with Crippen molar-refractivity contribution in [2.75, 3.05) is 18.9 Å². The Morgan fingerprint density at radius 1 is 1.26 bits per heavy atom. The Kier molecular flexibility index (Phi) is 5.75. The fourth-order valence-electron chi connectivity index (χ4n) is 1.90. The minimum Gasteiger partial charge on any atom is -0.370 e. The van der Waals surface area contributed by atoms with Gasteiger partial charge in [-0.1, -0.05) is 23.9 Å². The molecular formula is C15H19N5O2S. The average Bonchev–Trinajstić information content (AvgIpc) is 2.54. The van der Waals surface area contributed by atoms with Crippen LogP contribution in [0.1, 0.15) is 13.8 Å². The van der Waals surface area contributed by atoms with Gasteiger partial charge in [0.25, 0.3) is 0 Å². The van der Waals surface area contributed by atoms with Gasteiger partial charge in [-0.15, -0.1) is 0 Å². The van der Waals surface area contributed by atoms with E-state index < -0.39 is 17.2 Å². The van der Waals surface area contributed by atoms with Crippen LogP contribution < -0.4 is 16.0 Å². The molecule has 2 rings (SSSR count). The summed E-state index contributed by atoms with van der Waals surface area (Å²) in [6, 6.07) is 7.15. The smallest absolute Gasteiger partial charge is 0.321 e. The van der Waals surface area contributed by atoms with Crippen LogP contribution in [0.15, 0.2) is 29.4 Å². The number of urea groups is 1. The summed E-state index contributed by atoms with van der Waals surface area (Å²) in [7, 11) is 1.45. The molecule has 0 aliphatic rings. The zero-order chi connectivity index (χ0) is 16.8. The van der Waals surface area contributed by atoms with Crippen LogP contribution in [0.4, 0.5) is 10.6 Å². The van der Waals surface area contributed by atoms with E-state index >= 15 is 0 Å². The Hall–Kier alpha value is -2.35. The van der Waals surface area contributed by atoms with Crippen molar-refractivity contribution in [1.82, 2.24) is 20.6 Å². The number of benzene rings is 1. The number of aromatic nitrogens is 2. The van der Waals surface area contributed by atoms with E-state index in [4.69, 9.17) is 0 Å². The normalized spacial score (nSPS) is 11.8. The van der Waals surface area contributed by atoms with E-state index in [0.29, 0.717) is 5.16 Å².